The van der Waals surface area contributed by atoms with Crippen LogP contribution in [0.1, 0.15) is 23.7 Å². The highest BCUT2D eigenvalue weighted by molar-refractivity contribution is 5.75. The third kappa shape index (κ3) is 4.22. The van der Waals surface area contributed by atoms with Crippen LogP contribution in [0.3, 0.4) is 0 Å². The molecular weight excluding hydrogens is 306 g/mol. The Balaban J connectivity index is 1.49. The summed E-state index contributed by atoms with van der Waals surface area (Å²) in [4.78, 5) is 24.5. The van der Waals surface area contributed by atoms with Crippen LogP contribution in [0.4, 0.5) is 0 Å². The number of nitrogens with one attached hydrogen (secondary N) is 1. The van der Waals surface area contributed by atoms with Gasteiger partial charge in [-0.25, -0.2) is 0 Å². The van der Waals surface area contributed by atoms with Crippen LogP contribution in [0.25, 0.3) is 11.4 Å². The molecule has 1 N–H and O–H groups in total. The average Bonchev–Trinajstić information content (AvgIpc) is 3.08. The summed E-state index contributed by atoms with van der Waals surface area (Å²) in [6.45, 7) is 2.33. The van der Waals surface area contributed by atoms with E-state index in [0.717, 1.165) is 17.0 Å². The first kappa shape index (κ1) is 15.8. The number of hydrogen-bond acceptors (Lipinski definition) is 6. The molecule has 3 heterocycles. The number of aromatic nitrogens is 4. The Kier molecular flexibility index (Phi) is 4.90. The normalized spacial score (nSPS) is 10.5. The Hall–Kier alpha value is -3.09. The number of nitrogens with zero attached hydrogens (tertiary/aromatic N) is 4. The van der Waals surface area contributed by atoms with Crippen molar-refractivity contribution in [1.29, 1.82) is 0 Å². The van der Waals surface area contributed by atoms with Crippen molar-refractivity contribution in [3.05, 3.63) is 60.0 Å². The van der Waals surface area contributed by atoms with Gasteiger partial charge in [-0.15, -0.1) is 0 Å². The van der Waals surface area contributed by atoms with Crippen LogP contribution in [-0.2, 0) is 17.8 Å². The van der Waals surface area contributed by atoms with Crippen LogP contribution >= 0.6 is 0 Å². The fourth-order valence-corrected chi connectivity index (χ4v) is 2.16. The van der Waals surface area contributed by atoms with Gasteiger partial charge in [0.1, 0.15) is 0 Å². The molecule has 7 nitrogen and oxygen atoms in total. The maximum absolute atomic E-state index is 11.9. The Bertz CT molecular complexity index is 817. The van der Waals surface area contributed by atoms with Crippen molar-refractivity contribution in [2.75, 3.05) is 0 Å². The molecule has 0 saturated heterocycles. The summed E-state index contributed by atoms with van der Waals surface area (Å²) in [6.07, 6.45) is 4.01. The van der Waals surface area contributed by atoms with Crippen molar-refractivity contribution in [2.45, 2.75) is 26.3 Å². The predicted molar refractivity (Wildman–Crippen MR) is 86.7 cm³/mol. The molecule has 0 fully saturated rings. The second kappa shape index (κ2) is 7.45. The van der Waals surface area contributed by atoms with Crippen LogP contribution in [0.15, 0.2) is 47.2 Å². The molecule has 0 bridgehead atoms. The zero-order valence-electron chi connectivity index (χ0n) is 13.3. The van der Waals surface area contributed by atoms with Crippen LogP contribution in [0.5, 0.6) is 0 Å². The van der Waals surface area contributed by atoms with Gasteiger partial charge in [0.05, 0.1) is 12.2 Å². The summed E-state index contributed by atoms with van der Waals surface area (Å²) >= 11 is 0. The van der Waals surface area contributed by atoms with Crippen LogP contribution < -0.4 is 5.32 Å². The van der Waals surface area contributed by atoms with Gasteiger partial charge in [0.15, 0.2) is 0 Å². The summed E-state index contributed by atoms with van der Waals surface area (Å²) < 4.78 is 5.17. The molecule has 0 aliphatic carbocycles. The van der Waals surface area contributed by atoms with Gasteiger partial charge in [0.25, 0.3) is 0 Å². The zero-order chi connectivity index (χ0) is 16.8. The molecule has 0 saturated carbocycles. The lowest BCUT2D eigenvalue weighted by Gasteiger charge is -2.04. The maximum atomic E-state index is 11.9. The lowest BCUT2D eigenvalue weighted by Crippen LogP contribution is -2.23. The van der Waals surface area contributed by atoms with E-state index in [-0.39, 0.29) is 12.3 Å². The van der Waals surface area contributed by atoms with Crippen LogP contribution in [-0.4, -0.2) is 26.0 Å². The van der Waals surface area contributed by atoms with Crippen molar-refractivity contribution in [3.8, 4) is 11.4 Å². The summed E-state index contributed by atoms with van der Waals surface area (Å²) in [6, 6.07) is 9.37. The number of rotatable bonds is 6. The first-order valence-corrected chi connectivity index (χ1v) is 7.63. The quantitative estimate of drug-likeness (QED) is 0.746. The summed E-state index contributed by atoms with van der Waals surface area (Å²) in [5, 5.41) is 6.73. The van der Waals surface area contributed by atoms with E-state index in [2.05, 4.69) is 25.4 Å². The number of carbonyl (C=O) groups is 1. The van der Waals surface area contributed by atoms with Gasteiger partial charge in [-0.1, -0.05) is 11.2 Å². The van der Waals surface area contributed by atoms with Crippen LogP contribution in [0, 0.1) is 6.92 Å². The summed E-state index contributed by atoms with van der Waals surface area (Å²) in [5.41, 5.74) is 2.54. The first-order valence-electron chi connectivity index (χ1n) is 7.63. The van der Waals surface area contributed by atoms with Gasteiger partial charge in [-0.2, -0.15) is 4.98 Å². The van der Waals surface area contributed by atoms with Crippen molar-refractivity contribution in [2.24, 2.45) is 0 Å². The van der Waals surface area contributed by atoms with E-state index in [1.807, 2.05) is 31.2 Å². The lowest BCUT2D eigenvalue weighted by molar-refractivity contribution is -0.121. The van der Waals surface area contributed by atoms with Gasteiger partial charge in [-0.05, 0) is 31.2 Å². The second-order valence-corrected chi connectivity index (χ2v) is 5.30. The molecule has 0 atom stereocenters. The fourth-order valence-electron chi connectivity index (χ4n) is 2.16. The maximum Gasteiger partial charge on any atom is 0.227 e. The number of amides is 1. The molecule has 0 radical (unpaired) electrons. The SMILES string of the molecule is Cc1cccc(CNC(=O)CCc2nc(-c3cccnc3)no2)n1. The molecular formula is C17H17N5O2. The fraction of sp³-hybridized carbons (Fsp3) is 0.235. The Labute approximate surface area is 139 Å². The molecule has 3 rings (SSSR count). The van der Waals surface area contributed by atoms with Crippen LogP contribution in [0.2, 0.25) is 0 Å². The Morgan fingerprint density at radius 1 is 1.21 bits per heavy atom. The standard InChI is InChI=1S/C17H17N5O2/c1-12-4-2-6-14(20-12)11-19-15(23)7-8-16-21-17(22-24-16)13-5-3-9-18-10-13/h2-6,9-10H,7-8,11H2,1H3,(H,19,23). The van der Waals surface area contributed by atoms with E-state index in [1.165, 1.54) is 0 Å². The summed E-state index contributed by atoms with van der Waals surface area (Å²) in [5.74, 6) is 0.819. The number of hydrogen-bond donors (Lipinski definition) is 1. The van der Waals surface area contributed by atoms with Gasteiger partial charge >= 0.3 is 0 Å². The highest BCUT2D eigenvalue weighted by Gasteiger charge is 2.10. The minimum atomic E-state index is -0.0839. The van der Waals surface area contributed by atoms with E-state index in [0.29, 0.717) is 24.7 Å². The van der Waals surface area contributed by atoms with E-state index in [9.17, 15) is 4.79 Å². The molecule has 0 spiro atoms. The summed E-state index contributed by atoms with van der Waals surface area (Å²) in [7, 11) is 0. The minimum absolute atomic E-state index is 0.0839. The average molecular weight is 323 g/mol. The number of aryl methyl sites for hydroxylation is 2. The molecule has 3 aromatic rings. The largest absolute Gasteiger partial charge is 0.350 e. The van der Waals surface area contributed by atoms with Gasteiger partial charge in [0, 0.05) is 36.5 Å². The highest BCUT2D eigenvalue weighted by atomic mass is 16.5. The molecule has 122 valence electrons. The number of pyridine rings is 2. The molecule has 7 heteroatoms. The van der Waals surface area contributed by atoms with Gasteiger partial charge < -0.3 is 9.84 Å². The third-order valence-electron chi connectivity index (χ3n) is 3.37. The molecule has 3 aromatic heterocycles. The van der Waals surface area contributed by atoms with Crippen molar-refractivity contribution < 1.29 is 9.32 Å². The second-order valence-electron chi connectivity index (χ2n) is 5.30. The lowest BCUT2D eigenvalue weighted by atomic mass is 10.2. The van der Waals surface area contributed by atoms with Crippen molar-refractivity contribution in [3.63, 3.8) is 0 Å². The Morgan fingerprint density at radius 2 is 2.12 bits per heavy atom. The molecule has 24 heavy (non-hydrogen) atoms. The predicted octanol–water partition coefficient (Wildman–Crippen LogP) is 2.08. The first-order chi connectivity index (χ1) is 11.7. The van der Waals surface area contributed by atoms with Gasteiger partial charge in [0.2, 0.25) is 17.6 Å². The van der Waals surface area contributed by atoms with E-state index in [4.69, 9.17) is 4.52 Å². The topological polar surface area (TPSA) is 93.8 Å². The zero-order valence-corrected chi connectivity index (χ0v) is 13.3. The van der Waals surface area contributed by atoms with Crippen molar-refractivity contribution in [1.82, 2.24) is 25.4 Å². The van der Waals surface area contributed by atoms with E-state index in [1.54, 1.807) is 18.5 Å². The molecule has 0 aromatic carbocycles. The van der Waals surface area contributed by atoms with Crippen molar-refractivity contribution >= 4 is 5.91 Å². The van der Waals surface area contributed by atoms with E-state index >= 15 is 0 Å². The molecule has 0 aliphatic heterocycles. The third-order valence-corrected chi connectivity index (χ3v) is 3.37. The monoisotopic (exact) mass is 323 g/mol. The highest BCUT2D eigenvalue weighted by Crippen LogP contribution is 2.14. The molecule has 1 amide bonds. The minimum Gasteiger partial charge on any atom is -0.350 e. The Morgan fingerprint density at radius 3 is 2.92 bits per heavy atom. The van der Waals surface area contributed by atoms with Gasteiger partial charge in [-0.3, -0.25) is 14.8 Å². The smallest absolute Gasteiger partial charge is 0.227 e. The molecule has 0 unspecified atom stereocenters. The number of carbonyl (C=O) groups excluding carboxylic acids is 1. The molecule has 0 aliphatic rings. The van der Waals surface area contributed by atoms with E-state index < -0.39 is 0 Å².